The first kappa shape index (κ1) is 13.9. The van der Waals surface area contributed by atoms with Crippen LogP contribution in [0.4, 0.5) is 0 Å². The molecule has 0 aromatic carbocycles. The molecule has 0 spiro atoms. The van der Waals surface area contributed by atoms with Gasteiger partial charge >= 0.3 is 11.9 Å². The van der Waals surface area contributed by atoms with Crippen molar-refractivity contribution in [2.45, 2.75) is 19.9 Å². The first-order chi connectivity index (χ1) is 8.20. The van der Waals surface area contributed by atoms with E-state index in [0.29, 0.717) is 26.3 Å². The van der Waals surface area contributed by atoms with Gasteiger partial charge in [-0.25, -0.2) is 9.59 Å². The maximum atomic E-state index is 11.8. The van der Waals surface area contributed by atoms with Crippen LogP contribution < -0.4 is 0 Å². The zero-order chi connectivity index (χ0) is 12.7. The Morgan fingerprint density at radius 1 is 1.12 bits per heavy atom. The second-order valence-corrected chi connectivity index (χ2v) is 3.55. The number of hydrogen-bond acceptors (Lipinski definition) is 6. The molecule has 1 aliphatic heterocycles. The second-order valence-electron chi connectivity index (χ2n) is 3.55. The number of morpholine rings is 1. The molecule has 0 unspecified atom stereocenters. The van der Waals surface area contributed by atoms with E-state index >= 15 is 0 Å². The average Bonchev–Trinajstić information content (AvgIpc) is 2.31. The molecule has 0 saturated carbocycles. The molecule has 1 aliphatic rings. The van der Waals surface area contributed by atoms with Crippen LogP contribution in [-0.4, -0.2) is 62.4 Å². The van der Waals surface area contributed by atoms with Gasteiger partial charge in [0, 0.05) is 13.1 Å². The van der Waals surface area contributed by atoms with Gasteiger partial charge in [0.15, 0.2) is 0 Å². The highest BCUT2D eigenvalue weighted by Crippen LogP contribution is 2.08. The van der Waals surface area contributed by atoms with E-state index in [1.54, 1.807) is 18.7 Å². The summed E-state index contributed by atoms with van der Waals surface area (Å²) in [5.74, 6) is -1.10. The summed E-state index contributed by atoms with van der Waals surface area (Å²) in [6.45, 7) is 5.99. The van der Waals surface area contributed by atoms with E-state index in [-0.39, 0.29) is 13.2 Å². The standard InChI is InChI=1S/C11H19NO5/c1-3-16-10(13)9(11(14)17-4-2)12-5-7-15-8-6-12/h9H,3-8H2,1-2H3. The first-order valence-electron chi connectivity index (χ1n) is 5.85. The Kier molecular flexibility index (Phi) is 5.93. The maximum absolute atomic E-state index is 11.8. The van der Waals surface area contributed by atoms with Crippen LogP contribution in [0.3, 0.4) is 0 Å². The maximum Gasteiger partial charge on any atom is 0.335 e. The molecular formula is C11H19NO5. The number of nitrogens with zero attached hydrogens (tertiary/aromatic N) is 1. The summed E-state index contributed by atoms with van der Waals surface area (Å²) in [5, 5.41) is 0. The molecule has 6 nitrogen and oxygen atoms in total. The lowest BCUT2D eigenvalue weighted by Gasteiger charge is -2.31. The van der Waals surface area contributed by atoms with Gasteiger partial charge in [0.2, 0.25) is 6.04 Å². The van der Waals surface area contributed by atoms with Crippen LogP contribution in [0.25, 0.3) is 0 Å². The molecule has 0 amide bonds. The number of ether oxygens (including phenoxy) is 3. The lowest BCUT2D eigenvalue weighted by molar-refractivity contribution is -0.165. The van der Waals surface area contributed by atoms with Crippen molar-refractivity contribution in [1.29, 1.82) is 0 Å². The quantitative estimate of drug-likeness (QED) is 0.494. The van der Waals surface area contributed by atoms with Crippen molar-refractivity contribution < 1.29 is 23.8 Å². The largest absolute Gasteiger partial charge is 0.464 e. The van der Waals surface area contributed by atoms with E-state index in [4.69, 9.17) is 14.2 Å². The fraction of sp³-hybridized carbons (Fsp3) is 0.818. The Labute approximate surface area is 101 Å². The van der Waals surface area contributed by atoms with Crippen molar-refractivity contribution in [2.24, 2.45) is 0 Å². The van der Waals surface area contributed by atoms with E-state index in [1.165, 1.54) is 0 Å². The van der Waals surface area contributed by atoms with Crippen molar-refractivity contribution in [3.63, 3.8) is 0 Å². The summed E-state index contributed by atoms with van der Waals surface area (Å²) in [4.78, 5) is 25.2. The summed E-state index contributed by atoms with van der Waals surface area (Å²) in [6.07, 6.45) is 0. The number of rotatable bonds is 5. The van der Waals surface area contributed by atoms with Gasteiger partial charge in [-0.05, 0) is 13.8 Å². The Morgan fingerprint density at radius 3 is 2.00 bits per heavy atom. The zero-order valence-corrected chi connectivity index (χ0v) is 10.3. The van der Waals surface area contributed by atoms with E-state index in [1.807, 2.05) is 0 Å². The molecule has 0 bridgehead atoms. The number of carbonyl (C=O) groups is 2. The fourth-order valence-electron chi connectivity index (χ4n) is 1.67. The molecule has 0 aromatic rings. The minimum Gasteiger partial charge on any atom is -0.464 e. The van der Waals surface area contributed by atoms with E-state index in [0.717, 1.165) is 0 Å². The summed E-state index contributed by atoms with van der Waals surface area (Å²) < 4.78 is 15.0. The monoisotopic (exact) mass is 245 g/mol. The van der Waals surface area contributed by atoms with E-state index < -0.39 is 18.0 Å². The van der Waals surface area contributed by atoms with Gasteiger partial charge in [-0.3, -0.25) is 4.90 Å². The summed E-state index contributed by atoms with van der Waals surface area (Å²) >= 11 is 0. The van der Waals surface area contributed by atoms with Crippen LogP contribution in [0.2, 0.25) is 0 Å². The minimum absolute atomic E-state index is 0.249. The zero-order valence-electron chi connectivity index (χ0n) is 10.3. The highest BCUT2D eigenvalue weighted by molar-refractivity contribution is 5.99. The van der Waals surface area contributed by atoms with Crippen molar-refractivity contribution in [2.75, 3.05) is 39.5 Å². The van der Waals surface area contributed by atoms with E-state index in [2.05, 4.69) is 0 Å². The van der Waals surface area contributed by atoms with Crippen LogP contribution in [0.1, 0.15) is 13.8 Å². The summed E-state index contributed by atoms with van der Waals surface area (Å²) in [5.41, 5.74) is 0. The predicted molar refractivity (Wildman–Crippen MR) is 59.4 cm³/mol. The molecule has 1 saturated heterocycles. The lowest BCUT2D eigenvalue weighted by atomic mass is 10.2. The average molecular weight is 245 g/mol. The minimum atomic E-state index is -0.959. The Hall–Kier alpha value is -1.14. The molecule has 1 fully saturated rings. The van der Waals surface area contributed by atoms with Gasteiger partial charge in [0.1, 0.15) is 0 Å². The Bertz CT molecular complexity index is 245. The summed E-state index contributed by atoms with van der Waals surface area (Å²) in [6, 6.07) is -0.959. The van der Waals surface area contributed by atoms with Crippen LogP contribution in [0.15, 0.2) is 0 Å². The molecule has 0 radical (unpaired) electrons. The molecule has 1 heterocycles. The van der Waals surface area contributed by atoms with Crippen molar-refractivity contribution in [3.8, 4) is 0 Å². The molecular weight excluding hydrogens is 226 g/mol. The summed E-state index contributed by atoms with van der Waals surface area (Å²) in [7, 11) is 0. The molecule has 0 N–H and O–H groups in total. The molecule has 98 valence electrons. The van der Waals surface area contributed by atoms with Gasteiger partial charge < -0.3 is 14.2 Å². The predicted octanol–water partition coefficient (Wildman–Crippen LogP) is -0.187. The highest BCUT2D eigenvalue weighted by Gasteiger charge is 2.36. The first-order valence-corrected chi connectivity index (χ1v) is 5.85. The third-order valence-electron chi connectivity index (χ3n) is 2.43. The van der Waals surface area contributed by atoms with Crippen molar-refractivity contribution >= 4 is 11.9 Å². The van der Waals surface area contributed by atoms with Gasteiger partial charge in [0.25, 0.3) is 0 Å². The number of hydrogen-bond donors (Lipinski definition) is 0. The molecule has 0 aliphatic carbocycles. The van der Waals surface area contributed by atoms with E-state index in [9.17, 15) is 9.59 Å². The molecule has 6 heteroatoms. The van der Waals surface area contributed by atoms with Crippen LogP contribution >= 0.6 is 0 Å². The van der Waals surface area contributed by atoms with Gasteiger partial charge in [0.05, 0.1) is 26.4 Å². The molecule has 0 atom stereocenters. The third-order valence-corrected chi connectivity index (χ3v) is 2.43. The number of esters is 2. The van der Waals surface area contributed by atoms with Crippen LogP contribution in [-0.2, 0) is 23.8 Å². The van der Waals surface area contributed by atoms with Gasteiger partial charge in [-0.1, -0.05) is 0 Å². The normalized spacial score (nSPS) is 16.9. The molecule has 0 aromatic heterocycles. The van der Waals surface area contributed by atoms with Gasteiger partial charge in [-0.2, -0.15) is 0 Å². The van der Waals surface area contributed by atoms with Gasteiger partial charge in [-0.15, -0.1) is 0 Å². The van der Waals surface area contributed by atoms with Crippen LogP contribution in [0.5, 0.6) is 0 Å². The fourth-order valence-corrected chi connectivity index (χ4v) is 1.67. The van der Waals surface area contributed by atoms with Crippen molar-refractivity contribution in [1.82, 2.24) is 4.90 Å². The topological polar surface area (TPSA) is 65.1 Å². The Balaban J connectivity index is 2.69. The lowest BCUT2D eigenvalue weighted by Crippen LogP contribution is -2.52. The third kappa shape index (κ3) is 3.98. The second kappa shape index (κ2) is 7.24. The highest BCUT2D eigenvalue weighted by atomic mass is 16.6. The van der Waals surface area contributed by atoms with Crippen LogP contribution in [0, 0.1) is 0 Å². The molecule has 1 rings (SSSR count). The van der Waals surface area contributed by atoms with Crippen molar-refractivity contribution in [3.05, 3.63) is 0 Å². The number of carbonyl (C=O) groups excluding carboxylic acids is 2. The Morgan fingerprint density at radius 2 is 1.59 bits per heavy atom. The SMILES string of the molecule is CCOC(=O)C(C(=O)OCC)N1CCOCC1. The molecule has 17 heavy (non-hydrogen) atoms. The smallest absolute Gasteiger partial charge is 0.335 e.